The number of carbonyl (C=O) groups is 2. The fraction of sp³-hybridized carbons (Fsp3) is 0.389. The van der Waals surface area contributed by atoms with Crippen LogP contribution in [-0.4, -0.2) is 126 Å². The van der Waals surface area contributed by atoms with Gasteiger partial charge in [0.05, 0.1) is 53.7 Å². The molecule has 4 aromatic carbocycles. The van der Waals surface area contributed by atoms with Crippen LogP contribution in [0.15, 0.2) is 90.2 Å². The molecular weight excluding hydrogens is 934 g/mol. The summed E-state index contributed by atoms with van der Waals surface area (Å²) in [5.74, 6) is 0.860. The Kier molecular flexibility index (Phi) is 13.6. The number of nitriles is 1. The van der Waals surface area contributed by atoms with Crippen LogP contribution >= 0.6 is 11.6 Å². The van der Waals surface area contributed by atoms with Gasteiger partial charge in [0.2, 0.25) is 11.8 Å². The first-order valence-electron chi connectivity index (χ1n) is 24.7. The fourth-order valence-electron chi connectivity index (χ4n) is 10.8. The number of nitrogens with zero attached hydrogens (tertiary/aromatic N) is 10. The van der Waals surface area contributed by atoms with Crippen molar-refractivity contribution in [3.05, 3.63) is 123 Å². The van der Waals surface area contributed by atoms with Gasteiger partial charge in [-0.15, -0.1) is 0 Å². The number of aromatic amines is 1. The highest BCUT2D eigenvalue weighted by Crippen LogP contribution is 2.39. The van der Waals surface area contributed by atoms with E-state index in [0.29, 0.717) is 80.7 Å². The number of likely N-dealkylation sites (tertiary alicyclic amines) is 2. The highest BCUT2D eigenvalue weighted by molar-refractivity contribution is 6.36. The van der Waals surface area contributed by atoms with Crippen LogP contribution in [0, 0.1) is 23.2 Å². The molecule has 10 rings (SSSR count). The Labute approximate surface area is 422 Å². The molecule has 1 unspecified atom stereocenters. The Morgan fingerprint density at radius 3 is 2.46 bits per heavy atom. The highest BCUT2D eigenvalue weighted by atomic mass is 35.5. The summed E-state index contributed by atoms with van der Waals surface area (Å²) in [5, 5.41) is 40.2. The van der Waals surface area contributed by atoms with Gasteiger partial charge in [-0.1, -0.05) is 68.4 Å². The second-order valence-electron chi connectivity index (χ2n) is 19.6. The number of hydrogen-bond acceptors (Lipinski definition) is 13. The van der Waals surface area contributed by atoms with E-state index in [0.717, 1.165) is 71.6 Å². The van der Waals surface area contributed by atoms with Gasteiger partial charge < -0.3 is 34.5 Å². The molecule has 3 fully saturated rings. The van der Waals surface area contributed by atoms with Gasteiger partial charge in [-0.05, 0) is 91.2 Å². The third kappa shape index (κ3) is 9.56. The average Bonchev–Trinajstić information content (AvgIpc) is 3.75. The van der Waals surface area contributed by atoms with Crippen LogP contribution in [0.4, 0.5) is 11.5 Å². The number of aromatic nitrogens is 5. The van der Waals surface area contributed by atoms with E-state index in [1.807, 2.05) is 61.2 Å². The minimum Gasteiger partial charge on any atom is -0.508 e. The van der Waals surface area contributed by atoms with Gasteiger partial charge >= 0.3 is 11.7 Å². The largest absolute Gasteiger partial charge is 0.508 e. The smallest absolute Gasteiger partial charge is 0.348 e. The summed E-state index contributed by atoms with van der Waals surface area (Å²) in [6.45, 7) is 14.0. The molecule has 3 N–H and O–H groups in total. The number of H-pyrrole nitrogens is 1. The van der Waals surface area contributed by atoms with E-state index in [-0.39, 0.29) is 65.4 Å². The van der Waals surface area contributed by atoms with Crippen molar-refractivity contribution in [2.75, 3.05) is 68.8 Å². The Morgan fingerprint density at radius 1 is 0.958 bits per heavy atom. The lowest BCUT2D eigenvalue weighted by atomic mass is 9.91. The average molecular weight is 993 g/mol. The second-order valence-corrected chi connectivity index (χ2v) is 20.1. The van der Waals surface area contributed by atoms with Gasteiger partial charge in [0.15, 0.2) is 5.82 Å². The molecule has 17 nitrogen and oxygen atoms in total. The molecule has 4 aliphatic heterocycles. The van der Waals surface area contributed by atoms with E-state index in [2.05, 4.69) is 55.7 Å². The molecule has 0 spiro atoms. The number of phenolic OH excluding ortho intramolecular Hbond substituents is 2. The van der Waals surface area contributed by atoms with Gasteiger partial charge in [0.1, 0.15) is 17.3 Å². The van der Waals surface area contributed by atoms with Crippen molar-refractivity contribution in [3.8, 4) is 40.7 Å². The number of rotatable bonds is 13. The van der Waals surface area contributed by atoms with Crippen LogP contribution in [0.3, 0.4) is 0 Å². The lowest BCUT2D eigenvalue weighted by molar-refractivity contribution is -0.144. The minimum absolute atomic E-state index is 0.0139. The number of nitrogens with one attached hydrogen (secondary N) is 1. The van der Waals surface area contributed by atoms with E-state index < -0.39 is 5.69 Å². The molecule has 0 saturated carbocycles. The van der Waals surface area contributed by atoms with Crippen molar-refractivity contribution < 1.29 is 24.5 Å². The summed E-state index contributed by atoms with van der Waals surface area (Å²) in [6.07, 6.45) is 3.69. The lowest BCUT2D eigenvalue weighted by Crippen LogP contribution is -2.55. The zero-order valence-electron chi connectivity index (χ0n) is 40.5. The number of aromatic hydroxyl groups is 2. The molecule has 6 aromatic rings. The van der Waals surface area contributed by atoms with E-state index in [1.165, 1.54) is 16.7 Å². The monoisotopic (exact) mass is 991 g/mol. The van der Waals surface area contributed by atoms with Gasteiger partial charge in [-0.25, -0.2) is 14.5 Å². The summed E-state index contributed by atoms with van der Waals surface area (Å²) in [6, 6.07) is 24.9. The molecule has 0 radical (unpaired) electrons. The van der Waals surface area contributed by atoms with E-state index in [4.69, 9.17) is 26.3 Å². The van der Waals surface area contributed by atoms with Crippen LogP contribution in [0.5, 0.6) is 17.5 Å². The van der Waals surface area contributed by atoms with Crippen molar-refractivity contribution in [1.82, 2.24) is 39.4 Å². The number of carbonyl (C=O) groups excluding carboxylic acids is 2. The Hall–Kier alpha value is -7.42. The van der Waals surface area contributed by atoms with Crippen LogP contribution in [0.2, 0.25) is 5.02 Å². The van der Waals surface area contributed by atoms with Gasteiger partial charge in [-0.2, -0.15) is 20.3 Å². The molecule has 72 heavy (non-hydrogen) atoms. The number of piperidine rings is 1. The zero-order valence-corrected chi connectivity index (χ0v) is 41.3. The zero-order chi connectivity index (χ0) is 50.2. The number of benzene rings is 4. The highest BCUT2D eigenvalue weighted by Gasteiger charge is 2.38. The molecule has 4 aliphatic rings. The number of phenols is 2. The summed E-state index contributed by atoms with van der Waals surface area (Å²) < 4.78 is 7.82. The Bertz CT molecular complexity index is 3130. The van der Waals surface area contributed by atoms with Crippen molar-refractivity contribution in [1.29, 1.82) is 5.26 Å². The van der Waals surface area contributed by atoms with Gasteiger partial charge in [-0.3, -0.25) is 14.5 Å². The van der Waals surface area contributed by atoms with Crippen LogP contribution < -0.4 is 20.2 Å². The maximum Gasteiger partial charge on any atom is 0.348 e. The summed E-state index contributed by atoms with van der Waals surface area (Å²) >= 11 is 6.78. The number of ether oxygens (including phenoxy) is 1. The van der Waals surface area contributed by atoms with E-state index in [9.17, 15) is 29.9 Å². The number of fused-ring (bicyclic) bond motifs is 2. The normalized spacial score (nSPS) is 17.7. The van der Waals surface area contributed by atoms with E-state index in [1.54, 1.807) is 11.0 Å². The number of piperazine rings is 1. The Balaban J connectivity index is 0.760. The topological polar surface area (TPSA) is 200 Å². The number of hydrogen-bond donors (Lipinski definition) is 3. The molecule has 2 aromatic heterocycles. The predicted molar refractivity (Wildman–Crippen MR) is 274 cm³/mol. The molecule has 372 valence electrons. The fourth-order valence-corrected chi connectivity index (χ4v) is 11.1. The van der Waals surface area contributed by atoms with Crippen LogP contribution in [-0.2, 0) is 29.1 Å². The van der Waals surface area contributed by atoms with E-state index >= 15 is 0 Å². The molecular formula is C54H58ClN11O6. The summed E-state index contributed by atoms with van der Waals surface area (Å²) in [4.78, 5) is 60.0. The van der Waals surface area contributed by atoms with Crippen molar-refractivity contribution in [2.24, 2.45) is 11.8 Å². The number of amides is 2. The molecule has 0 bridgehead atoms. The second kappa shape index (κ2) is 20.4. The van der Waals surface area contributed by atoms with Crippen molar-refractivity contribution in [3.63, 3.8) is 0 Å². The van der Waals surface area contributed by atoms with Crippen molar-refractivity contribution in [2.45, 2.75) is 64.6 Å². The first-order valence-corrected chi connectivity index (χ1v) is 25.1. The summed E-state index contributed by atoms with van der Waals surface area (Å²) in [5.41, 5.74) is 5.09. The maximum atomic E-state index is 13.8. The number of anilines is 2. The minimum atomic E-state index is -0.448. The van der Waals surface area contributed by atoms with Crippen LogP contribution in [0.1, 0.15) is 61.4 Å². The quantitative estimate of drug-likeness (QED) is 0.102. The predicted octanol–water partition coefficient (Wildman–Crippen LogP) is 6.79. The summed E-state index contributed by atoms with van der Waals surface area (Å²) in [7, 11) is 0. The Morgan fingerprint density at radius 2 is 1.72 bits per heavy atom. The standard InChI is InChI=1S/C54H58ClN11O6/c1-4-48(69)65-24-23-63(30-39(65)15-19-56)50-40-18-22-62(45-10-6-8-36-7-5-9-43(55)49(36)45)31-44(40)57-53(58-50)72-32-35-28-64(29-35)52(70)37-16-20-61(21-17-37)27-34-11-13-38(14-12-34)66-51(59-60-54(66)71)42-25-41(33(2)3)46(67)26-47(42)68/h4-14,25-26,33,35,37,39,67-68H,1,15-18,20-24,27-32H2,2-3H3,(H,60,71). The van der Waals surface area contributed by atoms with Gasteiger partial charge in [0, 0.05) is 80.4 Å². The SMILES string of the molecule is C=CC(=O)N1CCN(c2nc(OCC3CN(C(=O)C4CCN(Cc5ccc(-n6c(-c7cc(C(C)C)c(O)cc7O)n[nH]c6=O)cc5)CC4)C3)nc3c2CCN(c2cccc4cccc(Cl)c24)C3)CC1CC#N. The maximum absolute atomic E-state index is 13.8. The molecule has 6 heterocycles. The number of halogens is 1. The molecule has 18 heteroatoms. The lowest BCUT2D eigenvalue weighted by Gasteiger charge is -2.43. The van der Waals surface area contributed by atoms with Gasteiger partial charge in [0.25, 0.3) is 0 Å². The van der Waals surface area contributed by atoms with Crippen molar-refractivity contribution >= 4 is 45.7 Å². The molecule has 3 saturated heterocycles. The third-order valence-corrected chi connectivity index (χ3v) is 15.0. The third-order valence-electron chi connectivity index (χ3n) is 14.7. The van der Waals surface area contributed by atoms with Crippen LogP contribution in [0.25, 0.3) is 27.8 Å². The molecule has 0 aliphatic carbocycles. The molecule has 2 amide bonds. The first kappa shape index (κ1) is 48.2. The first-order chi connectivity index (χ1) is 34.9. The molecule has 1 atom stereocenters.